The van der Waals surface area contributed by atoms with Gasteiger partial charge in [-0.2, -0.15) is 0 Å². The predicted octanol–water partition coefficient (Wildman–Crippen LogP) is 2.14. The predicted molar refractivity (Wildman–Crippen MR) is 87.9 cm³/mol. The Morgan fingerprint density at radius 1 is 1.50 bits per heavy atom. The van der Waals surface area contributed by atoms with Crippen LogP contribution in [0.1, 0.15) is 4.88 Å². The van der Waals surface area contributed by atoms with Gasteiger partial charge in [0.05, 0.1) is 12.3 Å². The number of carbonyl (C=O) groups is 3. The Kier molecular flexibility index (Phi) is 6.02. The summed E-state index contributed by atoms with van der Waals surface area (Å²) in [5.74, 6) is -0.0147. The van der Waals surface area contributed by atoms with Gasteiger partial charge in [0.1, 0.15) is 0 Å². The first-order valence-corrected chi connectivity index (χ1v) is 8.61. The number of imide groups is 1. The van der Waals surface area contributed by atoms with E-state index < -0.39 is 0 Å². The van der Waals surface area contributed by atoms with E-state index in [1.807, 2.05) is 17.5 Å². The molecule has 0 radical (unpaired) electrons. The third kappa shape index (κ3) is 4.35. The molecule has 22 heavy (non-hydrogen) atoms. The lowest BCUT2D eigenvalue weighted by Crippen LogP contribution is -2.43. The minimum Gasteiger partial charge on any atom is -0.336 e. The van der Waals surface area contributed by atoms with E-state index in [9.17, 15) is 14.4 Å². The molecule has 1 fully saturated rings. The number of amides is 4. The molecule has 6 nitrogen and oxygen atoms in total. The van der Waals surface area contributed by atoms with E-state index >= 15 is 0 Å². The summed E-state index contributed by atoms with van der Waals surface area (Å²) in [6.45, 7) is 5.05. The van der Waals surface area contributed by atoms with Gasteiger partial charge in [-0.1, -0.05) is 23.9 Å². The van der Waals surface area contributed by atoms with E-state index in [-0.39, 0.29) is 36.0 Å². The van der Waals surface area contributed by atoms with Gasteiger partial charge in [0.15, 0.2) is 0 Å². The molecule has 0 aliphatic carbocycles. The van der Waals surface area contributed by atoms with Crippen LogP contribution in [0, 0.1) is 0 Å². The zero-order valence-corrected chi connectivity index (χ0v) is 13.6. The Bertz CT molecular complexity index is 544. The summed E-state index contributed by atoms with van der Waals surface area (Å²) in [7, 11) is 0. The molecule has 0 bridgehead atoms. The number of rotatable bonds is 7. The van der Waals surface area contributed by atoms with Crippen LogP contribution in [0.5, 0.6) is 0 Å². The lowest BCUT2D eigenvalue weighted by atomic mass is 10.4. The van der Waals surface area contributed by atoms with Crippen molar-refractivity contribution in [3.63, 3.8) is 0 Å². The minimum absolute atomic E-state index is 0.188. The first kappa shape index (κ1) is 16.6. The summed E-state index contributed by atoms with van der Waals surface area (Å²) in [5.41, 5.74) is 0. The van der Waals surface area contributed by atoms with Crippen LogP contribution in [-0.2, 0) is 11.3 Å². The van der Waals surface area contributed by atoms with Crippen molar-refractivity contribution in [3.8, 4) is 0 Å². The lowest BCUT2D eigenvalue weighted by Gasteiger charge is -2.21. The minimum atomic E-state index is -0.249. The molecular weight excluding hydrogens is 322 g/mol. The lowest BCUT2D eigenvalue weighted by molar-refractivity contribution is -0.124. The highest BCUT2D eigenvalue weighted by Crippen LogP contribution is 2.17. The number of nitrogens with one attached hydrogen (secondary N) is 1. The summed E-state index contributed by atoms with van der Waals surface area (Å²) in [6, 6.07) is 3.67. The van der Waals surface area contributed by atoms with Crippen LogP contribution in [0.2, 0.25) is 0 Å². The van der Waals surface area contributed by atoms with Crippen LogP contribution in [0.3, 0.4) is 0 Å². The van der Waals surface area contributed by atoms with Gasteiger partial charge >= 0.3 is 6.03 Å². The van der Waals surface area contributed by atoms with Gasteiger partial charge in [-0.25, -0.2) is 4.79 Å². The molecule has 0 unspecified atom stereocenters. The average Bonchev–Trinajstić information content (AvgIpc) is 3.11. The summed E-state index contributed by atoms with van der Waals surface area (Å²) < 4.78 is 0. The Morgan fingerprint density at radius 3 is 2.91 bits per heavy atom. The Labute approximate surface area is 137 Å². The van der Waals surface area contributed by atoms with E-state index in [0.717, 1.165) is 16.6 Å². The van der Waals surface area contributed by atoms with Crippen LogP contribution >= 0.6 is 23.1 Å². The molecule has 2 heterocycles. The summed E-state index contributed by atoms with van der Waals surface area (Å²) >= 11 is 2.58. The van der Waals surface area contributed by atoms with Crippen molar-refractivity contribution in [2.24, 2.45) is 0 Å². The third-order valence-corrected chi connectivity index (χ3v) is 4.74. The van der Waals surface area contributed by atoms with Crippen LogP contribution in [0.15, 0.2) is 30.2 Å². The van der Waals surface area contributed by atoms with Crippen LogP contribution < -0.4 is 5.32 Å². The van der Waals surface area contributed by atoms with Gasteiger partial charge in [0.2, 0.25) is 5.91 Å². The molecular formula is C14H17N3O3S2. The number of hydrogen-bond acceptors (Lipinski definition) is 5. The van der Waals surface area contributed by atoms with E-state index in [1.54, 1.807) is 22.3 Å². The number of nitrogens with zero attached hydrogens (tertiary/aromatic N) is 2. The van der Waals surface area contributed by atoms with Crippen LogP contribution in [0.25, 0.3) is 0 Å². The zero-order valence-electron chi connectivity index (χ0n) is 12.0. The number of carbonyl (C=O) groups excluding carboxylic acids is 3. The van der Waals surface area contributed by atoms with Crippen molar-refractivity contribution in [2.75, 3.05) is 25.4 Å². The number of urea groups is 1. The van der Waals surface area contributed by atoms with Crippen molar-refractivity contribution in [3.05, 3.63) is 35.0 Å². The van der Waals surface area contributed by atoms with E-state index in [1.165, 1.54) is 4.90 Å². The maximum Gasteiger partial charge on any atom is 0.318 e. The Hall–Kier alpha value is -1.80. The molecule has 1 aromatic heterocycles. The molecule has 0 atom stereocenters. The van der Waals surface area contributed by atoms with E-state index in [2.05, 4.69) is 11.9 Å². The first-order chi connectivity index (χ1) is 10.6. The van der Waals surface area contributed by atoms with Crippen molar-refractivity contribution in [2.45, 2.75) is 6.54 Å². The van der Waals surface area contributed by atoms with Crippen molar-refractivity contribution in [1.29, 1.82) is 0 Å². The molecule has 0 aromatic carbocycles. The quantitative estimate of drug-likeness (QED) is 0.773. The molecule has 0 spiro atoms. The highest BCUT2D eigenvalue weighted by molar-refractivity contribution is 8.14. The van der Waals surface area contributed by atoms with E-state index in [0.29, 0.717) is 13.1 Å². The first-order valence-electron chi connectivity index (χ1n) is 6.75. The molecule has 4 amide bonds. The van der Waals surface area contributed by atoms with Gasteiger partial charge in [-0.3, -0.25) is 14.5 Å². The maximum absolute atomic E-state index is 12.2. The molecule has 8 heteroatoms. The van der Waals surface area contributed by atoms with Crippen molar-refractivity contribution < 1.29 is 14.4 Å². The highest BCUT2D eigenvalue weighted by atomic mass is 32.2. The molecule has 1 N–H and O–H groups in total. The fraction of sp³-hybridized carbons (Fsp3) is 0.357. The smallest absolute Gasteiger partial charge is 0.318 e. The SMILES string of the molecule is C=CCN(Cc1cccs1)C(=O)NCCN1C(=O)CSC1=O. The summed E-state index contributed by atoms with van der Waals surface area (Å²) in [5, 5.41) is 4.45. The van der Waals surface area contributed by atoms with Gasteiger partial charge in [-0.15, -0.1) is 17.9 Å². The summed E-state index contributed by atoms with van der Waals surface area (Å²) in [4.78, 5) is 39.0. The fourth-order valence-electron chi connectivity index (χ4n) is 1.95. The van der Waals surface area contributed by atoms with Gasteiger partial charge in [0.25, 0.3) is 5.24 Å². The van der Waals surface area contributed by atoms with Gasteiger partial charge in [-0.05, 0) is 11.4 Å². The maximum atomic E-state index is 12.2. The third-order valence-electron chi connectivity index (χ3n) is 3.02. The standard InChI is InChI=1S/C14H17N3O3S2/c1-2-6-16(9-11-4-3-8-21-11)13(19)15-5-7-17-12(18)10-22-14(17)20/h2-4,8H,1,5-7,9-10H2,(H,15,19). The monoisotopic (exact) mass is 339 g/mol. The average molecular weight is 339 g/mol. The second-order valence-corrected chi connectivity index (χ2v) is 6.54. The second-order valence-electron chi connectivity index (χ2n) is 4.58. The van der Waals surface area contributed by atoms with Gasteiger partial charge in [0, 0.05) is 24.5 Å². The molecule has 0 saturated carbocycles. The van der Waals surface area contributed by atoms with Gasteiger partial charge < -0.3 is 10.2 Å². The molecule has 1 saturated heterocycles. The summed E-state index contributed by atoms with van der Waals surface area (Å²) in [6.07, 6.45) is 1.66. The second kappa shape index (κ2) is 8.00. The molecule has 1 aromatic rings. The molecule has 1 aliphatic heterocycles. The molecule has 2 rings (SSSR count). The number of thioether (sulfide) groups is 1. The zero-order chi connectivity index (χ0) is 15.9. The van der Waals surface area contributed by atoms with Crippen molar-refractivity contribution >= 4 is 40.3 Å². The molecule has 118 valence electrons. The Balaban J connectivity index is 1.81. The largest absolute Gasteiger partial charge is 0.336 e. The highest BCUT2D eigenvalue weighted by Gasteiger charge is 2.29. The normalized spacial score (nSPS) is 14.3. The van der Waals surface area contributed by atoms with Crippen molar-refractivity contribution in [1.82, 2.24) is 15.1 Å². The van der Waals surface area contributed by atoms with E-state index in [4.69, 9.17) is 0 Å². The van der Waals surface area contributed by atoms with Crippen LogP contribution in [-0.4, -0.2) is 52.4 Å². The topological polar surface area (TPSA) is 69.7 Å². The molecule has 1 aliphatic rings. The number of hydrogen-bond donors (Lipinski definition) is 1. The van der Waals surface area contributed by atoms with Crippen LogP contribution in [0.4, 0.5) is 9.59 Å². The number of thiophene rings is 1. The fourth-order valence-corrected chi connectivity index (χ4v) is 3.42. The Morgan fingerprint density at radius 2 is 2.32 bits per heavy atom.